The molecule has 4 heteroatoms. The topological polar surface area (TPSA) is 55.6 Å². The lowest BCUT2D eigenvalue weighted by Crippen LogP contribution is -2.41. The standard InChI is InChI=1S/C14H26N2O2/c1-18-8-7-16(6-2-5-15)14(17)13-10-11-3-4-12(13)9-11/h11-13H,2-10,15H2,1H3. The number of nitrogens with two attached hydrogens (primary N) is 1. The van der Waals surface area contributed by atoms with Crippen LogP contribution in [0.2, 0.25) is 0 Å². The smallest absolute Gasteiger partial charge is 0.226 e. The average molecular weight is 254 g/mol. The van der Waals surface area contributed by atoms with Gasteiger partial charge in [0.1, 0.15) is 0 Å². The molecule has 0 spiro atoms. The van der Waals surface area contributed by atoms with Crippen LogP contribution in [-0.2, 0) is 9.53 Å². The van der Waals surface area contributed by atoms with Gasteiger partial charge in [0, 0.05) is 26.1 Å². The van der Waals surface area contributed by atoms with Crippen molar-refractivity contribution in [2.24, 2.45) is 23.5 Å². The van der Waals surface area contributed by atoms with Crippen LogP contribution >= 0.6 is 0 Å². The van der Waals surface area contributed by atoms with Gasteiger partial charge in [-0.15, -0.1) is 0 Å². The van der Waals surface area contributed by atoms with Gasteiger partial charge in [0.25, 0.3) is 0 Å². The summed E-state index contributed by atoms with van der Waals surface area (Å²) < 4.78 is 5.10. The quantitative estimate of drug-likeness (QED) is 0.744. The zero-order chi connectivity index (χ0) is 13.0. The van der Waals surface area contributed by atoms with Crippen molar-refractivity contribution in [1.29, 1.82) is 0 Å². The number of hydrogen-bond donors (Lipinski definition) is 1. The Morgan fingerprint density at radius 3 is 2.72 bits per heavy atom. The predicted molar refractivity (Wildman–Crippen MR) is 71.1 cm³/mol. The van der Waals surface area contributed by atoms with E-state index in [0.29, 0.717) is 37.4 Å². The van der Waals surface area contributed by atoms with E-state index in [4.69, 9.17) is 10.5 Å². The van der Waals surface area contributed by atoms with Crippen molar-refractivity contribution in [3.63, 3.8) is 0 Å². The molecule has 104 valence electrons. The fourth-order valence-corrected chi connectivity index (χ4v) is 3.60. The Balaban J connectivity index is 1.89. The summed E-state index contributed by atoms with van der Waals surface area (Å²) in [6.07, 6.45) is 5.89. The van der Waals surface area contributed by atoms with Gasteiger partial charge in [0.05, 0.1) is 6.61 Å². The van der Waals surface area contributed by atoms with Gasteiger partial charge < -0.3 is 15.4 Å². The molecule has 3 unspecified atom stereocenters. The molecule has 0 aromatic carbocycles. The maximum absolute atomic E-state index is 12.6. The third-order valence-corrected chi connectivity index (χ3v) is 4.56. The first-order valence-corrected chi connectivity index (χ1v) is 7.24. The molecule has 1 amide bonds. The van der Waals surface area contributed by atoms with E-state index in [9.17, 15) is 4.79 Å². The number of methoxy groups -OCH3 is 1. The van der Waals surface area contributed by atoms with Gasteiger partial charge in [0.15, 0.2) is 0 Å². The molecule has 0 aliphatic heterocycles. The van der Waals surface area contributed by atoms with E-state index < -0.39 is 0 Å². The van der Waals surface area contributed by atoms with Crippen LogP contribution in [0.4, 0.5) is 0 Å². The molecule has 2 fully saturated rings. The molecule has 2 aliphatic rings. The van der Waals surface area contributed by atoms with Crippen molar-refractivity contribution < 1.29 is 9.53 Å². The summed E-state index contributed by atoms with van der Waals surface area (Å²) >= 11 is 0. The van der Waals surface area contributed by atoms with Gasteiger partial charge >= 0.3 is 0 Å². The number of ether oxygens (including phenoxy) is 1. The Morgan fingerprint density at radius 2 is 2.17 bits per heavy atom. The highest BCUT2D eigenvalue weighted by atomic mass is 16.5. The first-order valence-electron chi connectivity index (χ1n) is 7.24. The number of carbonyl (C=O) groups is 1. The highest BCUT2D eigenvalue weighted by Crippen LogP contribution is 2.48. The van der Waals surface area contributed by atoms with Gasteiger partial charge in [-0.25, -0.2) is 0 Å². The van der Waals surface area contributed by atoms with Crippen molar-refractivity contribution >= 4 is 5.91 Å². The van der Waals surface area contributed by atoms with Crippen molar-refractivity contribution in [2.75, 3.05) is 33.4 Å². The Kier molecular flexibility index (Phi) is 5.01. The zero-order valence-corrected chi connectivity index (χ0v) is 11.4. The molecule has 0 radical (unpaired) electrons. The summed E-state index contributed by atoms with van der Waals surface area (Å²) in [5.41, 5.74) is 5.55. The third kappa shape index (κ3) is 3.04. The molecule has 18 heavy (non-hydrogen) atoms. The van der Waals surface area contributed by atoms with E-state index in [0.717, 1.165) is 25.3 Å². The van der Waals surface area contributed by atoms with Crippen molar-refractivity contribution in [3.05, 3.63) is 0 Å². The SMILES string of the molecule is COCCN(CCCN)C(=O)C1CC2CCC1C2. The molecular formula is C14H26N2O2. The van der Waals surface area contributed by atoms with Gasteiger partial charge in [-0.2, -0.15) is 0 Å². The number of nitrogens with zero attached hydrogens (tertiary/aromatic N) is 1. The molecule has 2 N–H and O–H groups in total. The lowest BCUT2D eigenvalue weighted by Gasteiger charge is -2.29. The highest BCUT2D eigenvalue weighted by Gasteiger charge is 2.44. The highest BCUT2D eigenvalue weighted by molar-refractivity contribution is 5.79. The first-order chi connectivity index (χ1) is 8.76. The molecular weight excluding hydrogens is 228 g/mol. The largest absolute Gasteiger partial charge is 0.383 e. The van der Waals surface area contributed by atoms with Crippen molar-refractivity contribution in [1.82, 2.24) is 4.90 Å². The van der Waals surface area contributed by atoms with Crippen LogP contribution in [0.15, 0.2) is 0 Å². The lowest BCUT2D eigenvalue weighted by atomic mass is 9.87. The first kappa shape index (κ1) is 13.8. The Bertz CT molecular complexity index is 275. The molecule has 0 saturated heterocycles. The van der Waals surface area contributed by atoms with Crippen molar-refractivity contribution in [3.8, 4) is 0 Å². The summed E-state index contributed by atoms with van der Waals surface area (Å²) in [6.45, 7) is 2.76. The molecule has 0 aromatic heterocycles. The van der Waals surface area contributed by atoms with Crippen LogP contribution in [-0.4, -0.2) is 44.2 Å². The Morgan fingerprint density at radius 1 is 1.33 bits per heavy atom. The molecule has 2 saturated carbocycles. The van der Waals surface area contributed by atoms with E-state index in [-0.39, 0.29) is 0 Å². The van der Waals surface area contributed by atoms with E-state index in [1.165, 1.54) is 19.3 Å². The van der Waals surface area contributed by atoms with Crippen LogP contribution in [0.25, 0.3) is 0 Å². The number of carbonyl (C=O) groups excluding carboxylic acids is 1. The maximum Gasteiger partial charge on any atom is 0.226 e. The zero-order valence-electron chi connectivity index (χ0n) is 11.4. The van der Waals surface area contributed by atoms with Crippen molar-refractivity contribution in [2.45, 2.75) is 32.1 Å². The molecule has 2 rings (SSSR count). The summed E-state index contributed by atoms with van der Waals surface area (Å²) in [6, 6.07) is 0. The fraction of sp³-hybridized carbons (Fsp3) is 0.929. The van der Waals surface area contributed by atoms with E-state index in [1.807, 2.05) is 4.90 Å². The number of hydrogen-bond acceptors (Lipinski definition) is 3. The third-order valence-electron chi connectivity index (χ3n) is 4.56. The van der Waals surface area contributed by atoms with Crippen LogP contribution in [0.3, 0.4) is 0 Å². The molecule has 2 aliphatic carbocycles. The summed E-state index contributed by atoms with van der Waals surface area (Å²) in [5, 5.41) is 0. The lowest BCUT2D eigenvalue weighted by molar-refractivity contribution is -0.137. The summed E-state index contributed by atoms with van der Waals surface area (Å²) in [4.78, 5) is 14.6. The normalized spacial score (nSPS) is 29.8. The minimum Gasteiger partial charge on any atom is -0.383 e. The van der Waals surface area contributed by atoms with Gasteiger partial charge in [-0.05, 0) is 44.1 Å². The van der Waals surface area contributed by atoms with Gasteiger partial charge in [-0.3, -0.25) is 4.79 Å². The fourth-order valence-electron chi connectivity index (χ4n) is 3.60. The molecule has 0 heterocycles. The summed E-state index contributed by atoms with van der Waals surface area (Å²) in [5.74, 6) is 2.12. The second-order valence-electron chi connectivity index (χ2n) is 5.74. The maximum atomic E-state index is 12.6. The monoisotopic (exact) mass is 254 g/mol. The van der Waals surface area contributed by atoms with Crippen LogP contribution in [0, 0.1) is 17.8 Å². The molecule has 2 bridgehead atoms. The summed E-state index contributed by atoms with van der Waals surface area (Å²) in [7, 11) is 1.68. The second kappa shape index (κ2) is 6.53. The van der Waals surface area contributed by atoms with Gasteiger partial charge in [0.2, 0.25) is 5.91 Å². The predicted octanol–water partition coefficient (Wildman–Crippen LogP) is 1.25. The average Bonchev–Trinajstić information content (AvgIpc) is 3.00. The minimum atomic E-state index is 0.290. The number of amides is 1. The van der Waals surface area contributed by atoms with Gasteiger partial charge in [-0.1, -0.05) is 6.42 Å². The van der Waals surface area contributed by atoms with Crippen LogP contribution in [0.1, 0.15) is 32.1 Å². The number of fused-ring (bicyclic) bond motifs is 2. The second-order valence-corrected chi connectivity index (χ2v) is 5.74. The van der Waals surface area contributed by atoms with Crippen LogP contribution < -0.4 is 5.73 Å². The van der Waals surface area contributed by atoms with E-state index in [1.54, 1.807) is 7.11 Å². The molecule has 0 aromatic rings. The molecule has 4 nitrogen and oxygen atoms in total. The Hall–Kier alpha value is -0.610. The molecule has 3 atom stereocenters. The number of rotatable bonds is 7. The van der Waals surface area contributed by atoms with Crippen LogP contribution in [0.5, 0.6) is 0 Å². The van der Waals surface area contributed by atoms with E-state index in [2.05, 4.69) is 0 Å². The van der Waals surface area contributed by atoms with E-state index >= 15 is 0 Å². The Labute approximate surface area is 110 Å². The minimum absolute atomic E-state index is 0.290.